The van der Waals surface area contributed by atoms with Crippen LogP contribution in [-0.2, 0) is 11.2 Å². The van der Waals surface area contributed by atoms with E-state index in [-0.39, 0.29) is 11.5 Å². The number of H-pyrrole nitrogens is 1. The maximum Gasteiger partial charge on any atom is 0.256 e. The van der Waals surface area contributed by atoms with Gasteiger partial charge in [-0.15, -0.1) is 0 Å². The van der Waals surface area contributed by atoms with Crippen LogP contribution in [0.3, 0.4) is 0 Å². The lowest BCUT2D eigenvalue weighted by Gasteiger charge is -2.26. The summed E-state index contributed by atoms with van der Waals surface area (Å²) in [5.74, 6) is 1.68. The molecule has 1 saturated carbocycles. The van der Waals surface area contributed by atoms with Gasteiger partial charge >= 0.3 is 0 Å². The van der Waals surface area contributed by atoms with Gasteiger partial charge in [0, 0.05) is 23.5 Å². The van der Waals surface area contributed by atoms with Crippen LogP contribution in [0.15, 0.2) is 10.6 Å². The van der Waals surface area contributed by atoms with E-state index in [1.54, 1.807) is 0 Å². The number of fused-ring (bicyclic) bond motifs is 4. The molecular formula is C14H17N3O2. The maximum atomic E-state index is 12.0. The lowest BCUT2D eigenvalue weighted by Crippen LogP contribution is -2.25. The monoisotopic (exact) mass is 259 g/mol. The molecular weight excluding hydrogens is 242 g/mol. The molecule has 1 aliphatic heterocycles. The summed E-state index contributed by atoms with van der Waals surface area (Å²) >= 11 is 0. The molecule has 4 rings (SSSR count). The van der Waals surface area contributed by atoms with E-state index in [2.05, 4.69) is 9.97 Å². The largest absolute Gasteiger partial charge is 0.494 e. The molecule has 5 heteroatoms. The predicted molar refractivity (Wildman–Crippen MR) is 71.3 cm³/mol. The van der Waals surface area contributed by atoms with Gasteiger partial charge in [-0.05, 0) is 25.7 Å². The quantitative estimate of drug-likeness (QED) is 0.741. The van der Waals surface area contributed by atoms with Gasteiger partial charge in [-0.1, -0.05) is 6.42 Å². The first kappa shape index (κ1) is 11.1. The molecule has 0 bridgehead atoms. The number of nitrogen functional groups attached to an aromatic ring is 1. The van der Waals surface area contributed by atoms with Crippen LogP contribution in [0.4, 0.5) is 5.95 Å². The average Bonchev–Trinajstić information content (AvgIpc) is 2.77. The van der Waals surface area contributed by atoms with E-state index in [9.17, 15) is 4.79 Å². The third-order valence-electron chi connectivity index (χ3n) is 4.56. The first-order chi connectivity index (χ1) is 9.24. The first-order valence-electron chi connectivity index (χ1n) is 7.03. The number of aromatic nitrogens is 2. The van der Waals surface area contributed by atoms with Crippen molar-refractivity contribution in [2.75, 3.05) is 5.73 Å². The van der Waals surface area contributed by atoms with Gasteiger partial charge < -0.3 is 10.5 Å². The van der Waals surface area contributed by atoms with E-state index in [0.717, 1.165) is 36.3 Å². The fourth-order valence-electron chi connectivity index (χ4n) is 3.73. The van der Waals surface area contributed by atoms with Crippen LogP contribution in [0.2, 0.25) is 0 Å². The summed E-state index contributed by atoms with van der Waals surface area (Å²) in [6.45, 7) is 0. The highest BCUT2D eigenvalue weighted by Gasteiger charge is 2.42. The number of nitrogens with two attached hydrogens (primary N) is 1. The molecule has 0 spiro atoms. The Kier molecular flexibility index (Phi) is 2.25. The molecule has 0 amide bonds. The second-order valence-corrected chi connectivity index (χ2v) is 5.66. The zero-order valence-electron chi connectivity index (χ0n) is 10.7. The van der Waals surface area contributed by atoms with E-state index in [1.165, 1.54) is 18.4 Å². The highest BCUT2D eigenvalue weighted by molar-refractivity contribution is 5.73. The molecule has 2 atom stereocenters. The van der Waals surface area contributed by atoms with Crippen molar-refractivity contribution in [1.29, 1.82) is 0 Å². The Hall–Kier alpha value is -1.78. The molecule has 2 heterocycles. The molecule has 0 unspecified atom stereocenters. The topological polar surface area (TPSA) is 81.0 Å². The van der Waals surface area contributed by atoms with Crippen molar-refractivity contribution in [2.24, 2.45) is 5.92 Å². The van der Waals surface area contributed by atoms with Crippen LogP contribution in [0.25, 0.3) is 5.57 Å². The molecule has 5 nitrogen and oxygen atoms in total. The van der Waals surface area contributed by atoms with Crippen LogP contribution in [0.5, 0.6) is 0 Å². The molecule has 0 saturated heterocycles. The van der Waals surface area contributed by atoms with Crippen LogP contribution >= 0.6 is 0 Å². The predicted octanol–water partition coefficient (Wildman–Crippen LogP) is 1.60. The van der Waals surface area contributed by atoms with Crippen molar-refractivity contribution >= 4 is 11.5 Å². The zero-order valence-corrected chi connectivity index (χ0v) is 10.7. The summed E-state index contributed by atoms with van der Waals surface area (Å²) in [5.41, 5.74) is 8.37. The number of aromatic amines is 1. The fourth-order valence-corrected chi connectivity index (χ4v) is 3.73. The normalized spacial score (nSPS) is 28.4. The van der Waals surface area contributed by atoms with Gasteiger partial charge in [0.05, 0.1) is 5.69 Å². The van der Waals surface area contributed by atoms with Crippen molar-refractivity contribution in [3.05, 3.63) is 27.4 Å². The van der Waals surface area contributed by atoms with Gasteiger partial charge in [0.15, 0.2) is 0 Å². The summed E-state index contributed by atoms with van der Waals surface area (Å²) in [6, 6.07) is 0. The number of nitrogens with one attached hydrogen (secondary N) is 1. The summed E-state index contributed by atoms with van der Waals surface area (Å²) in [4.78, 5) is 19.0. The summed E-state index contributed by atoms with van der Waals surface area (Å²) < 4.78 is 6.09. The molecule has 0 aromatic carbocycles. The SMILES string of the molecule is Nc1nc2c(c(=O)[nH]1)CCC1=C2[C@@H]2CCCC[C@@H]2O1. The molecule has 19 heavy (non-hydrogen) atoms. The standard InChI is InChI=1S/C14H17N3O2/c15-14-16-12-8(13(18)17-14)5-6-10-11(12)7-3-1-2-4-9(7)19-10/h7,9H,1-6H2,(H3,15,16,17,18)/t7-,9+/m1/s1. The third kappa shape index (κ3) is 1.54. The molecule has 1 aromatic rings. The second-order valence-electron chi connectivity index (χ2n) is 5.66. The summed E-state index contributed by atoms with van der Waals surface area (Å²) in [6.07, 6.45) is 6.55. The van der Waals surface area contributed by atoms with Crippen LogP contribution in [-0.4, -0.2) is 16.1 Å². The molecule has 0 radical (unpaired) electrons. The van der Waals surface area contributed by atoms with Crippen LogP contribution < -0.4 is 11.3 Å². The average molecular weight is 259 g/mol. The van der Waals surface area contributed by atoms with E-state index < -0.39 is 0 Å². The number of rotatable bonds is 0. The third-order valence-corrected chi connectivity index (χ3v) is 4.56. The number of allylic oxidation sites excluding steroid dienone is 1. The van der Waals surface area contributed by atoms with E-state index >= 15 is 0 Å². The van der Waals surface area contributed by atoms with Crippen molar-refractivity contribution in [3.8, 4) is 0 Å². The smallest absolute Gasteiger partial charge is 0.256 e. The Morgan fingerprint density at radius 2 is 2.11 bits per heavy atom. The minimum Gasteiger partial charge on any atom is -0.494 e. The Labute approximate surface area is 110 Å². The molecule has 2 aliphatic carbocycles. The van der Waals surface area contributed by atoms with Crippen LogP contribution in [0.1, 0.15) is 43.4 Å². The molecule has 1 fully saturated rings. The summed E-state index contributed by atoms with van der Waals surface area (Å²) in [5, 5.41) is 0. The van der Waals surface area contributed by atoms with Crippen molar-refractivity contribution < 1.29 is 4.74 Å². The van der Waals surface area contributed by atoms with Gasteiger partial charge in [-0.25, -0.2) is 4.98 Å². The van der Waals surface area contributed by atoms with E-state index in [0.29, 0.717) is 18.4 Å². The van der Waals surface area contributed by atoms with Crippen molar-refractivity contribution in [2.45, 2.75) is 44.6 Å². The van der Waals surface area contributed by atoms with Crippen molar-refractivity contribution in [3.63, 3.8) is 0 Å². The van der Waals surface area contributed by atoms with E-state index in [1.807, 2.05) is 0 Å². The lowest BCUT2D eigenvalue weighted by atomic mass is 9.79. The van der Waals surface area contributed by atoms with Crippen molar-refractivity contribution in [1.82, 2.24) is 9.97 Å². The van der Waals surface area contributed by atoms with Gasteiger partial charge in [0.2, 0.25) is 5.95 Å². The zero-order chi connectivity index (χ0) is 13.0. The Morgan fingerprint density at radius 1 is 1.26 bits per heavy atom. The number of hydrogen-bond donors (Lipinski definition) is 2. The van der Waals surface area contributed by atoms with Gasteiger partial charge in [-0.2, -0.15) is 0 Å². The second kappa shape index (κ2) is 3.85. The molecule has 1 aromatic heterocycles. The number of ether oxygens (including phenoxy) is 1. The lowest BCUT2D eigenvalue weighted by molar-refractivity contribution is 0.0793. The first-order valence-corrected chi connectivity index (χ1v) is 7.03. The van der Waals surface area contributed by atoms with Gasteiger partial charge in [-0.3, -0.25) is 9.78 Å². The Bertz CT molecular complexity index is 632. The number of hydrogen-bond acceptors (Lipinski definition) is 4. The summed E-state index contributed by atoms with van der Waals surface area (Å²) in [7, 11) is 0. The molecule has 3 N–H and O–H groups in total. The molecule has 100 valence electrons. The van der Waals surface area contributed by atoms with E-state index in [4.69, 9.17) is 10.5 Å². The highest BCUT2D eigenvalue weighted by Crippen LogP contribution is 2.48. The van der Waals surface area contributed by atoms with Gasteiger partial charge in [0.1, 0.15) is 11.9 Å². The number of anilines is 1. The highest BCUT2D eigenvalue weighted by atomic mass is 16.5. The van der Waals surface area contributed by atoms with Crippen LogP contribution in [0, 0.1) is 5.92 Å². The van der Waals surface area contributed by atoms with Gasteiger partial charge in [0.25, 0.3) is 5.56 Å². The molecule has 3 aliphatic rings. The minimum absolute atomic E-state index is 0.0895. The Morgan fingerprint density at radius 3 is 3.00 bits per heavy atom. The Balaban J connectivity index is 1.88. The maximum absolute atomic E-state index is 12.0. The number of nitrogens with zero attached hydrogens (tertiary/aromatic N) is 1. The minimum atomic E-state index is -0.0895. The fraction of sp³-hybridized carbons (Fsp3) is 0.571.